The minimum atomic E-state index is -3.87. The monoisotopic (exact) mass is 831 g/mol. The fourth-order valence-electron chi connectivity index (χ4n) is 7.50. The average Bonchev–Trinajstić information content (AvgIpc) is 3.60. The maximum Gasteiger partial charge on any atom is 0.253 e. The van der Waals surface area contributed by atoms with Crippen molar-refractivity contribution in [1.29, 1.82) is 5.26 Å². The van der Waals surface area contributed by atoms with E-state index in [1.807, 2.05) is 22.9 Å². The van der Waals surface area contributed by atoms with E-state index in [0.717, 1.165) is 79.6 Å². The first-order chi connectivity index (χ1) is 27.8. The molecular weight excluding hydrogens is 782 g/mol. The molecule has 3 aromatic carbocycles. The first-order valence-corrected chi connectivity index (χ1v) is 21.7. The number of halogens is 1. The Labute approximate surface area is 345 Å². The third-order valence-corrected chi connectivity index (χ3v) is 11.4. The number of ether oxygens (including phenoxy) is 3. The van der Waals surface area contributed by atoms with E-state index < -0.39 is 28.1 Å². The molecule has 308 valence electrons. The summed E-state index contributed by atoms with van der Waals surface area (Å²) in [6.45, 7) is 6.87. The van der Waals surface area contributed by atoms with Crippen LogP contribution >= 0.6 is 11.6 Å². The molecule has 4 aromatic rings. The summed E-state index contributed by atoms with van der Waals surface area (Å²) in [6, 6.07) is 18.2. The van der Waals surface area contributed by atoms with Crippen LogP contribution in [0.15, 0.2) is 67.0 Å². The molecule has 1 aliphatic carbocycles. The Hall–Kier alpha value is -4.75. The lowest BCUT2D eigenvalue weighted by atomic mass is 9.93. The molecule has 15 heteroatoms. The van der Waals surface area contributed by atoms with Crippen molar-refractivity contribution in [1.82, 2.24) is 19.9 Å². The van der Waals surface area contributed by atoms with Crippen molar-refractivity contribution in [2.75, 3.05) is 32.5 Å². The van der Waals surface area contributed by atoms with Crippen molar-refractivity contribution in [3.8, 4) is 34.4 Å². The standard InChI is InChI=1S/C43H50ClN5O8S/c1-27-33(7-5-10-38(27)55-18-6-15-49-16-13-32(51)14-17-49)34-8-4-9-36-35(34)11-12-39(36)57-41-21-40(56-26-30-19-29(22-45)23-46-24-30)31(20-37(41)44)25-47-42(28(2)50)43(52)48-58(3,53)54/h4-5,7-10,19-21,23-24,28,32,39,42,47,50-51H,6,11-18,25-26H2,1-3H3,(H,48,52)/t28-,39+,42+/m1/s1. The molecule has 0 bridgehead atoms. The normalized spacial score (nSPS) is 16.9. The van der Waals surface area contributed by atoms with Crippen molar-refractivity contribution >= 4 is 27.5 Å². The number of hydrogen-bond donors (Lipinski definition) is 4. The number of aromatic nitrogens is 1. The first kappa shape index (κ1) is 42.8. The highest BCUT2D eigenvalue weighted by Gasteiger charge is 2.30. The van der Waals surface area contributed by atoms with E-state index in [-0.39, 0.29) is 30.4 Å². The van der Waals surface area contributed by atoms with Gasteiger partial charge in [0.25, 0.3) is 5.91 Å². The molecule has 1 amide bonds. The summed E-state index contributed by atoms with van der Waals surface area (Å²) in [7, 11) is -3.87. The molecule has 6 rings (SSSR count). The second kappa shape index (κ2) is 19.3. The van der Waals surface area contributed by atoms with Gasteiger partial charge >= 0.3 is 0 Å². The van der Waals surface area contributed by atoms with Crippen molar-refractivity contribution in [3.63, 3.8) is 0 Å². The molecule has 58 heavy (non-hydrogen) atoms. The maximum atomic E-state index is 12.7. The highest BCUT2D eigenvalue weighted by atomic mass is 35.5. The molecule has 2 aliphatic rings. The predicted octanol–water partition coefficient (Wildman–Crippen LogP) is 5.37. The number of benzene rings is 3. The van der Waals surface area contributed by atoms with Crippen LogP contribution in [0.2, 0.25) is 5.02 Å². The number of nitrogens with one attached hydrogen (secondary N) is 2. The minimum Gasteiger partial charge on any atom is -0.493 e. The summed E-state index contributed by atoms with van der Waals surface area (Å²) in [5.74, 6) is 0.679. The highest BCUT2D eigenvalue weighted by Crippen LogP contribution is 2.44. The largest absolute Gasteiger partial charge is 0.493 e. The number of aliphatic hydroxyl groups is 2. The smallest absolute Gasteiger partial charge is 0.253 e. The molecule has 0 spiro atoms. The van der Waals surface area contributed by atoms with Gasteiger partial charge in [0.05, 0.1) is 35.7 Å². The number of amides is 1. The lowest BCUT2D eigenvalue weighted by Crippen LogP contribution is -2.51. The average molecular weight is 832 g/mol. The van der Waals surface area contributed by atoms with Crippen LogP contribution < -0.4 is 24.2 Å². The molecule has 1 saturated heterocycles. The van der Waals surface area contributed by atoms with Gasteiger partial charge in [-0.1, -0.05) is 41.9 Å². The van der Waals surface area contributed by atoms with E-state index in [2.05, 4.69) is 46.4 Å². The maximum absolute atomic E-state index is 12.7. The van der Waals surface area contributed by atoms with Gasteiger partial charge in [0.2, 0.25) is 10.0 Å². The Morgan fingerprint density at radius 2 is 1.81 bits per heavy atom. The Kier molecular flexibility index (Phi) is 14.3. The minimum absolute atomic E-state index is 0.0280. The van der Waals surface area contributed by atoms with Gasteiger partial charge in [-0.2, -0.15) is 5.26 Å². The van der Waals surface area contributed by atoms with Crippen LogP contribution in [0, 0.1) is 18.3 Å². The fraction of sp³-hybridized carbons (Fsp3) is 0.419. The van der Waals surface area contributed by atoms with Gasteiger partial charge in [-0.3, -0.25) is 19.8 Å². The Bertz CT molecular complexity index is 2240. The van der Waals surface area contributed by atoms with E-state index in [9.17, 15) is 28.7 Å². The van der Waals surface area contributed by atoms with Gasteiger partial charge in [-0.15, -0.1) is 0 Å². The van der Waals surface area contributed by atoms with E-state index in [1.165, 1.54) is 18.7 Å². The Morgan fingerprint density at radius 1 is 1.05 bits per heavy atom. The van der Waals surface area contributed by atoms with Crippen molar-refractivity contribution in [2.24, 2.45) is 0 Å². The number of pyridine rings is 1. The summed E-state index contributed by atoms with van der Waals surface area (Å²) in [5, 5.41) is 32.7. The third kappa shape index (κ3) is 11.0. The van der Waals surface area contributed by atoms with E-state index in [4.69, 9.17) is 25.8 Å². The zero-order valence-corrected chi connectivity index (χ0v) is 34.5. The predicted molar refractivity (Wildman–Crippen MR) is 220 cm³/mol. The molecular formula is C43H50ClN5O8S. The third-order valence-electron chi connectivity index (χ3n) is 10.5. The summed E-state index contributed by atoms with van der Waals surface area (Å²) >= 11 is 6.87. The number of likely N-dealkylation sites (tertiary alicyclic amines) is 1. The topological polar surface area (TPSA) is 183 Å². The summed E-state index contributed by atoms with van der Waals surface area (Å²) < 4.78 is 44.6. The molecule has 3 atom stereocenters. The zero-order valence-electron chi connectivity index (χ0n) is 32.9. The first-order valence-electron chi connectivity index (χ1n) is 19.4. The van der Waals surface area contributed by atoms with Gasteiger partial charge in [-0.25, -0.2) is 8.42 Å². The van der Waals surface area contributed by atoms with Gasteiger partial charge in [0.15, 0.2) is 0 Å². The van der Waals surface area contributed by atoms with E-state index in [0.29, 0.717) is 41.2 Å². The number of nitrogens with zero attached hydrogens (tertiary/aromatic N) is 3. The van der Waals surface area contributed by atoms with Gasteiger partial charge in [0, 0.05) is 55.8 Å². The van der Waals surface area contributed by atoms with Crippen LogP contribution in [0.25, 0.3) is 11.1 Å². The number of rotatable bonds is 17. The summed E-state index contributed by atoms with van der Waals surface area (Å²) in [5.41, 5.74) is 7.06. The molecule has 1 aromatic heterocycles. The van der Waals surface area contributed by atoms with E-state index in [1.54, 1.807) is 24.4 Å². The van der Waals surface area contributed by atoms with Crippen LogP contribution in [0.3, 0.4) is 0 Å². The quantitative estimate of drug-likeness (QED) is 0.100. The molecule has 0 radical (unpaired) electrons. The molecule has 4 N–H and O–H groups in total. The lowest BCUT2D eigenvalue weighted by molar-refractivity contribution is -0.123. The zero-order chi connectivity index (χ0) is 41.4. The van der Waals surface area contributed by atoms with Crippen LogP contribution in [-0.2, 0) is 34.4 Å². The summed E-state index contributed by atoms with van der Waals surface area (Å²) in [6.07, 6.45) is 6.23. The Balaban J connectivity index is 1.20. The number of nitriles is 1. The van der Waals surface area contributed by atoms with Gasteiger partial charge in [0.1, 0.15) is 42.1 Å². The number of fused-ring (bicyclic) bond motifs is 1. The Morgan fingerprint density at radius 3 is 2.55 bits per heavy atom. The fourth-order valence-corrected chi connectivity index (χ4v) is 8.22. The molecule has 1 aliphatic heterocycles. The molecule has 13 nitrogen and oxygen atoms in total. The molecule has 0 saturated carbocycles. The second-order valence-electron chi connectivity index (χ2n) is 14.9. The van der Waals surface area contributed by atoms with Crippen molar-refractivity contribution in [2.45, 2.75) is 83.5 Å². The lowest BCUT2D eigenvalue weighted by Gasteiger charge is -2.29. The van der Waals surface area contributed by atoms with Crippen molar-refractivity contribution < 1.29 is 37.6 Å². The number of hydrogen-bond acceptors (Lipinski definition) is 12. The molecule has 0 unspecified atom stereocenters. The second-order valence-corrected chi connectivity index (χ2v) is 17.1. The van der Waals surface area contributed by atoms with Crippen LogP contribution in [-0.4, -0.2) is 85.2 Å². The number of aliphatic hydroxyl groups excluding tert-OH is 2. The van der Waals surface area contributed by atoms with Crippen LogP contribution in [0.1, 0.15) is 72.1 Å². The van der Waals surface area contributed by atoms with Gasteiger partial charge < -0.3 is 29.3 Å². The van der Waals surface area contributed by atoms with Gasteiger partial charge in [-0.05, 0) is 92.0 Å². The van der Waals surface area contributed by atoms with E-state index >= 15 is 0 Å². The number of piperidine rings is 1. The highest BCUT2D eigenvalue weighted by molar-refractivity contribution is 7.89. The SMILES string of the molecule is Cc1c(OCCCN2CCC(O)CC2)cccc1-c1cccc2c1CC[C@@H]2Oc1cc(OCc2cncc(C#N)c2)c(CN[C@H](C(=O)NS(C)(=O)=O)[C@@H](C)O)cc1Cl. The van der Waals surface area contributed by atoms with Crippen molar-refractivity contribution in [3.05, 3.63) is 105 Å². The molecule has 2 heterocycles. The van der Waals surface area contributed by atoms with Crippen LogP contribution in [0.4, 0.5) is 0 Å². The summed E-state index contributed by atoms with van der Waals surface area (Å²) in [4.78, 5) is 19.2. The van der Waals surface area contributed by atoms with Crippen LogP contribution in [0.5, 0.6) is 17.2 Å². The molecule has 1 fully saturated rings. The number of carbonyl (C=O) groups is 1. The number of sulfonamides is 1. The number of carbonyl (C=O) groups excluding carboxylic acids is 1.